The summed E-state index contributed by atoms with van der Waals surface area (Å²) >= 11 is 0. The standard InChI is InChI=1S/C13H15F7N2O5/c1-26-10(25)21-5-8(23)22-4-2-3-7(22)9(24)27-6-11(14,15)12(16,17)13(18,19)20/h7H,2-6H2,1H3,(H,21,25). The molecule has 0 saturated carbocycles. The lowest BCUT2D eigenvalue weighted by molar-refractivity contribution is -0.359. The summed E-state index contributed by atoms with van der Waals surface area (Å²) in [4.78, 5) is 35.4. The number of likely N-dealkylation sites (tertiary alicyclic amines) is 1. The number of alkyl halides is 7. The molecule has 1 rings (SSSR count). The number of halogens is 7. The summed E-state index contributed by atoms with van der Waals surface area (Å²) in [5.41, 5.74) is 0. The Morgan fingerprint density at radius 2 is 1.70 bits per heavy atom. The Morgan fingerprint density at radius 3 is 2.22 bits per heavy atom. The van der Waals surface area contributed by atoms with Crippen molar-refractivity contribution in [3.8, 4) is 0 Å². The molecule has 0 spiro atoms. The molecule has 0 radical (unpaired) electrons. The van der Waals surface area contributed by atoms with Crippen LogP contribution in [0.1, 0.15) is 12.8 Å². The molecule has 156 valence electrons. The van der Waals surface area contributed by atoms with E-state index in [1.807, 2.05) is 5.32 Å². The van der Waals surface area contributed by atoms with Crippen LogP contribution in [-0.2, 0) is 19.1 Å². The molecule has 2 amide bonds. The minimum absolute atomic E-state index is 0.0312. The van der Waals surface area contributed by atoms with E-state index in [1.165, 1.54) is 0 Å². The summed E-state index contributed by atoms with van der Waals surface area (Å²) in [7, 11) is 1.02. The highest BCUT2D eigenvalue weighted by Gasteiger charge is 2.73. The Bertz CT molecular complexity index is 582. The smallest absolute Gasteiger partial charge is 0.457 e. The van der Waals surface area contributed by atoms with Crippen molar-refractivity contribution in [3.05, 3.63) is 0 Å². The summed E-state index contributed by atoms with van der Waals surface area (Å²) in [6.45, 7) is -3.16. The SMILES string of the molecule is COC(=O)NCC(=O)N1CCCC1C(=O)OCC(F)(F)C(F)(F)C(F)(F)F. The second-order valence-electron chi connectivity index (χ2n) is 5.47. The monoisotopic (exact) mass is 412 g/mol. The van der Waals surface area contributed by atoms with Crippen LogP contribution in [0.2, 0.25) is 0 Å². The number of hydrogen-bond donors (Lipinski definition) is 1. The van der Waals surface area contributed by atoms with Crippen LogP contribution in [0, 0.1) is 0 Å². The summed E-state index contributed by atoms with van der Waals surface area (Å²) < 4.78 is 96.1. The minimum atomic E-state index is -6.54. The zero-order valence-corrected chi connectivity index (χ0v) is 13.7. The van der Waals surface area contributed by atoms with Crippen molar-refractivity contribution < 1.29 is 54.6 Å². The molecule has 1 aliphatic rings. The van der Waals surface area contributed by atoms with Crippen LogP contribution in [0.3, 0.4) is 0 Å². The largest absolute Gasteiger partial charge is 0.460 e. The quantitative estimate of drug-likeness (QED) is 0.531. The number of methoxy groups -OCH3 is 1. The van der Waals surface area contributed by atoms with Crippen molar-refractivity contribution in [3.63, 3.8) is 0 Å². The number of hydrogen-bond acceptors (Lipinski definition) is 5. The summed E-state index contributed by atoms with van der Waals surface area (Å²) in [5, 5.41) is 2.01. The number of esters is 1. The van der Waals surface area contributed by atoms with Gasteiger partial charge in [-0.3, -0.25) is 4.79 Å². The lowest BCUT2D eigenvalue weighted by Crippen LogP contribution is -2.55. The van der Waals surface area contributed by atoms with Gasteiger partial charge in [0.1, 0.15) is 12.6 Å². The van der Waals surface area contributed by atoms with Gasteiger partial charge in [0.05, 0.1) is 7.11 Å². The first-order valence-corrected chi connectivity index (χ1v) is 7.35. The Labute approximate surface area is 147 Å². The van der Waals surface area contributed by atoms with Crippen LogP contribution in [0.5, 0.6) is 0 Å². The molecule has 0 bridgehead atoms. The average molecular weight is 412 g/mol. The highest BCUT2D eigenvalue weighted by Crippen LogP contribution is 2.46. The lowest BCUT2D eigenvalue weighted by Gasteiger charge is -2.29. The van der Waals surface area contributed by atoms with Gasteiger partial charge in [0.15, 0.2) is 6.61 Å². The van der Waals surface area contributed by atoms with Crippen LogP contribution in [0.4, 0.5) is 35.5 Å². The molecule has 1 heterocycles. The molecule has 0 aromatic carbocycles. The summed E-state index contributed by atoms with van der Waals surface area (Å²) in [6.07, 6.45) is -7.36. The topological polar surface area (TPSA) is 84.9 Å². The van der Waals surface area contributed by atoms with E-state index in [-0.39, 0.29) is 19.4 Å². The summed E-state index contributed by atoms with van der Waals surface area (Å²) in [5.74, 6) is -14.5. The third kappa shape index (κ3) is 5.13. The Hall–Kier alpha value is -2.28. The normalized spacial score (nSPS) is 18.2. The van der Waals surface area contributed by atoms with Crippen LogP contribution >= 0.6 is 0 Å². The molecule has 1 fully saturated rings. The first-order valence-electron chi connectivity index (χ1n) is 7.35. The molecule has 1 unspecified atom stereocenters. The molecular weight excluding hydrogens is 397 g/mol. The third-order valence-corrected chi connectivity index (χ3v) is 3.63. The van der Waals surface area contributed by atoms with E-state index in [2.05, 4.69) is 9.47 Å². The molecule has 1 saturated heterocycles. The van der Waals surface area contributed by atoms with E-state index >= 15 is 0 Å². The van der Waals surface area contributed by atoms with Crippen molar-refractivity contribution in [1.29, 1.82) is 0 Å². The van der Waals surface area contributed by atoms with Crippen LogP contribution in [-0.4, -0.2) is 73.7 Å². The Kier molecular flexibility index (Phi) is 6.88. The van der Waals surface area contributed by atoms with Crippen molar-refractivity contribution in [2.24, 2.45) is 0 Å². The van der Waals surface area contributed by atoms with E-state index < -0.39 is 55.2 Å². The van der Waals surface area contributed by atoms with Crippen molar-refractivity contribution >= 4 is 18.0 Å². The number of nitrogens with one attached hydrogen (secondary N) is 1. The molecule has 0 aliphatic carbocycles. The van der Waals surface area contributed by atoms with Crippen molar-refractivity contribution in [2.45, 2.75) is 36.9 Å². The van der Waals surface area contributed by atoms with Gasteiger partial charge in [-0.25, -0.2) is 9.59 Å². The zero-order valence-electron chi connectivity index (χ0n) is 13.7. The highest BCUT2D eigenvalue weighted by atomic mass is 19.4. The molecular formula is C13H15F7N2O5. The third-order valence-electron chi connectivity index (χ3n) is 3.63. The van der Waals surface area contributed by atoms with Crippen molar-refractivity contribution in [1.82, 2.24) is 10.2 Å². The molecule has 1 atom stereocenters. The van der Waals surface area contributed by atoms with E-state index in [1.54, 1.807) is 0 Å². The summed E-state index contributed by atoms with van der Waals surface area (Å²) in [6, 6.07) is -1.45. The first-order chi connectivity index (χ1) is 12.2. The van der Waals surface area contributed by atoms with Crippen LogP contribution in [0.15, 0.2) is 0 Å². The van der Waals surface area contributed by atoms with Gasteiger partial charge >= 0.3 is 30.1 Å². The van der Waals surface area contributed by atoms with Gasteiger partial charge in [-0.1, -0.05) is 0 Å². The maximum absolute atomic E-state index is 13.2. The maximum Gasteiger partial charge on any atom is 0.460 e. The second kappa shape index (κ2) is 8.17. The van der Waals surface area contributed by atoms with Gasteiger partial charge in [0.25, 0.3) is 0 Å². The molecule has 1 N–H and O–H groups in total. The zero-order chi connectivity index (χ0) is 21.0. The van der Waals surface area contributed by atoms with Gasteiger partial charge < -0.3 is 19.7 Å². The van der Waals surface area contributed by atoms with Crippen molar-refractivity contribution in [2.75, 3.05) is 26.8 Å². The number of ether oxygens (including phenoxy) is 2. The Balaban J connectivity index is 2.70. The number of carbonyl (C=O) groups excluding carboxylic acids is 3. The van der Waals surface area contributed by atoms with E-state index in [4.69, 9.17) is 0 Å². The predicted octanol–water partition coefficient (Wildman–Crippen LogP) is 1.71. The van der Waals surface area contributed by atoms with Crippen LogP contribution < -0.4 is 5.32 Å². The number of carbonyl (C=O) groups is 3. The van der Waals surface area contributed by atoms with Gasteiger partial charge in [-0.15, -0.1) is 0 Å². The fourth-order valence-corrected chi connectivity index (χ4v) is 2.19. The van der Waals surface area contributed by atoms with Gasteiger partial charge in [-0.2, -0.15) is 30.7 Å². The molecule has 1 aliphatic heterocycles. The average Bonchev–Trinajstić information content (AvgIpc) is 3.05. The molecule has 0 aromatic rings. The Morgan fingerprint density at radius 1 is 1.11 bits per heavy atom. The van der Waals surface area contributed by atoms with E-state index in [0.29, 0.717) is 0 Å². The molecule has 7 nitrogen and oxygen atoms in total. The molecule has 27 heavy (non-hydrogen) atoms. The fourth-order valence-electron chi connectivity index (χ4n) is 2.19. The fraction of sp³-hybridized carbons (Fsp3) is 0.769. The van der Waals surface area contributed by atoms with Gasteiger partial charge in [0.2, 0.25) is 5.91 Å². The number of amides is 2. The number of nitrogens with zero attached hydrogens (tertiary/aromatic N) is 1. The lowest BCUT2D eigenvalue weighted by atomic mass is 10.1. The van der Waals surface area contributed by atoms with Gasteiger partial charge in [-0.05, 0) is 12.8 Å². The highest BCUT2D eigenvalue weighted by molar-refractivity contribution is 5.87. The predicted molar refractivity (Wildman–Crippen MR) is 72.1 cm³/mol. The molecule has 14 heteroatoms. The van der Waals surface area contributed by atoms with E-state index in [0.717, 1.165) is 12.0 Å². The second-order valence-corrected chi connectivity index (χ2v) is 5.47. The number of rotatable bonds is 6. The maximum atomic E-state index is 13.2. The van der Waals surface area contributed by atoms with Gasteiger partial charge in [0, 0.05) is 6.54 Å². The minimum Gasteiger partial charge on any atom is -0.457 e. The van der Waals surface area contributed by atoms with E-state index in [9.17, 15) is 45.1 Å². The first kappa shape index (κ1) is 22.8. The van der Waals surface area contributed by atoms with Crippen LogP contribution in [0.25, 0.3) is 0 Å². The molecule has 0 aromatic heterocycles. The number of alkyl carbamates (subject to hydrolysis) is 1.